The van der Waals surface area contributed by atoms with E-state index in [0.717, 1.165) is 18.7 Å². The van der Waals surface area contributed by atoms with Crippen molar-refractivity contribution in [3.8, 4) is 0 Å². The molecule has 1 saturated heterocycles. The Labute approximate surface area is 90.4 Å². The lowest BCUT2D eigenvalue weighted by atomic mass is 10.0. The van der Waals surface area contributed by atoms with Gasteiger partial charge < -0.3 is 10.6 Å². The summed E-state index contributed by atoms with van der Waals surface area (Å²) >= 11 is 1.76. The number of amides is 1. The van der Waals surface area contributed by atoms with E-state index < -0.39 is 0 Å². The van der Waals surface area contributed by atoms with E-state index in [-0.39, 0.29) is 17.9 Å². The molecule has 3 atom stereocenters. The average molecular weight is 216 g/mol. The van der Waals surface area contributed by atoms with Gasteiger partial charge in [0.1, 0.15) is 0 Å². The molecule has 0 aromatic carbocycles. The summed E-state index contributed by atoms with van der Waals surface area (Å²) in [7, 11) is 0. The molecule has 14 heavy (non-hydrogen) atoms. The Morgan fingerprint density at radius 2 is 2.43 bits per heavy atom. The number of thioether (sulfide) groups is 1. The molecule has 82 valence electrons. The maximum Gasteiger partial charge on any atom is 0.224 e. The van der Waals surface area contributed by atoms with Gasteiger partial charge in [0.05, 0.1) is 5.92 Å². The average Bonchev–Trinajstić information content (AvgIpc) is 2.51. The summed E-state index contributed by atoms with van der Waals surface area (Å²) in [5.41, 5.74) is 0. The minimum Gasteiger partial charge on any atom is -0.353 e. The van der Waals surface area contributed by atoms with Crippen molar-refractivity contribution in [3.63, 3.8) is 0 Å². The number of carbonyl (C=O) groups is 1. The number of nitrogens with one attached hydrogen (secondary N) is 2. The summed E-state index contributed by atoms with van der Waals surface area (Å²) in [5.74, 6) is 1.36. The minimum absolute atomic E-state index is 0.166. The molecule has 2 N–H and O–H groups in total. The fraction of sp³-hybridized carbons (Fsp3) is 0.900. The second-order valence-corrected chi connectivity index (χ2v) is 4.91. The third-order valence-electron chi connectivity index (χ3n) is 2.67. The lowest BCUT2D eigenvalue weighted by Gasteiger charge is -2.18. The molecule has 0 radical (unpaired) electrons. The van der Waals surface area contributed by atoms with Gasteiger partial charge in [0.2, 0.25) is 5.91 Å². The zero-order valence-corrected chi connectivity index (χ0v) is 9.99. The molecule has 3 nitrogen and oxygen atoms in total. The third-order valence-corrected chi connectivity index (χ3v) is 3.50. The number of rotatable bonds is 4. The van der Waals surface area contributed by atoms with Crippen molar-refractivity contribution in [2.75, 3.05) is 18.6 Å². The molecule has 1 heterocycles. The first kappa shape index (κ1) is 11.9. The van der Waals surface area contributed by atoms with Crippen LogP contribution >= 0.6 is 11.8 Å². The monoisotopic (exact) mass is 216 g/mol. The van der Waals surface area contributed by atoms with Crippen molar-refractivity contribution < 1.29 is 4.79 Å². The molecular formula is C10H20N2OS. The van der Waals surface area contributed by atoms with E-state index in [1.807, 2.05) is 0 Å². The molecule has 0 bridgehead atoms. The molecule has 0 aliphatic carbocycles. The summed E-state index contributed by atoms with van der Waals surface area (Å²) in [6, 6.07) is 0.613. The zero-order valence-electron chi connectivity index (χ0n) is 9.17. The maximum atomic E-state index is 11.8. The second kappa shape index (κ2) is 5.61. The van der Waals surface area contributed by atoms with E-state index in [0.29, 0.717) is 6.04 Å². The highest BCUT2D eigenvalue weighted by molar-refractivity contribution is 7.98. The Bertz CT molecular complexity index is 199. The predicted octanol–water partition coefficient (Wildman–Crippen LogP) is 0.852. The van der Waals surface area contributed by atoms with Gasteiger partial charge in [-0.05, 0) is 33.1 Å². The molecule has 1 rings (SSSR count). The van der Waals surface area contributed by atoms with Crippen LogP contribution in [0.1, 0.15) is 20.3 Å². The van der Waals surface area contributed by atoms with Crippen LogP contribution in [-0.4, -0.2) is 36.5 Å². The summed E-state index contributed by atoms with van der Waals surface area (Å²) in [6.07, 6.45) is 3.03. The molecule has 0 spiro atoms. The highest BCUT2D eigenvalue weighted by Crippen LogP contribution is 2.15. The zero-order chi connectivity index (χ0) is 10.6. The molecule has 1 aliphatic rings. The molecule has 0 saturated carbocycles. The minimum atomic E-state index is 0.166. The van der Waals surface area contributed by atoms with Crippen LogP contribution in [0, 0.1) is 5.92 Å². The van der Waals surface area contributed by atoms with Crippen LogP contribution < -0.4 is 10.6 Å². The Morgan fingerprint density at radius 1 is 1.71 bits per heavy atom. The van der Waals surface area contributed by atoms with Gasteiger partial charge in [-0.2, -0.15) is 11.8 Å². The third kappa shape index (κ3) is 3.17. The normalized spacial score (nSPS) is 28.8. The van der Waals surface area contributed by atoms with Crippen molar-refractivity contribution >= 4 is 17.7 Å². The standard InChI is InChI=1S/C10H20N2OS/c1-7(6-14-3)12-10(13)9-4-5-11-8(9)2/h7-9,11H,4-6H2,1-3H3,(H,12,13). The first-order chi connectivity index (χ1) is 6.65. The van der Waals surface area contributed by atoms with Crippen molar-refractivity contribution in [1.29, 1.82) is 0 Å². The van der Waals surface area contributed by atoms with Crippen molar-refractivity contribution in [3.05, 3.63) is 0 Å². The van der Waals surface area contributed by atoms with E-state index in [4.69, 9.17) is 0 Å². The summed E-state index contributed by atoms with van der Waals surface area (Å²) in [4.78, 5) is 11.8. The fourth-order valence-corrected chi connectivity index (χ4v) is 2.44. The summed E-state index contributed by atoms with van der Waals surface area (Å²) in [6.45, 7) is 5.11. The highest BCUT2D eigenvalue weighted by Gasteiger charge is 2.29. The van der Waals surface area contributed by atoms with E-state index >= 15 is 0 Å². The van der Waals surface area contributed by atoms with E-state index in [1.54, 1.807) is 11.8 Å². The number of hydrogen-bond acceptors (Lipinski definition) is 3. The van der Waals surface area contributed by atoms with Crippen LogP contribution in [-0.2, 0) is 4.79 Å². The maximum absolute atomic E-state index is 11.8. The Morgan fingerprint density at radius 3 is 2.93 bits per heavy atom. The topological polar surface area (TPSA) is 41.1 Å². The van der Waals surface area contributed by atoms with Crippen LogP contribution in [0.15, 0.2) is 0 Å². The molecule has 3 unspecified atom stereocenters. The SMILES string of the molecule is CSCC(C)NC(=O)C1CCNC1C. The quantitative estimate of drug-likeness (QED) is 0.732. The van der Waals surface area contributed by atoms with Gasteiger partial charge in [-0.1, -0.05) is 0 Å². The molecule has 0 aromatic heterocycles. The Kier molecular flexibility index (Phi) is 4.75. The molecular weight excluding hydrogens is 196 g/mol. The van der Waals surface area contributed by atoms with Crippen molar-refractivity contribution in [1.82, 2.24) is 10.6 Å². The molecule has 1 aliphatic heterocycles. The van der Waals surface area contributed by atoms with Gasteiger partial charge in [0.15, 0.2) is 0 Å². The first-order valence-corrected chi connectivity index (χ1v) is 6.57. The van der Waals surface area contributed by atoms with Crippen LogP contribution in [0.5, 0.6) is 0 Å². The largest absolute Gasteiger partial charge is 0.353 e. The molecule has 4 heteroatoms. The van der Waals surface area contributed by atoms with Crippen LogP contribution in [0.3, 0.4) is 0 Å². The number of carbonyl (C=O) groups excluding carboxylic acids is 1. The van der Waals surface area contributed by atoms with E-state index in [1.165, 1.54) is 0 Å². The Hall–Kier alpha value is -0.220. The van der Waals surface area contributed by atoms with Gasteiger partial charge in [0.25, 0.3) is 0 Å². The predicted molar refractivity (Wildman–Crippen MR) is 61.6 cm³/mol. The van der Waals surface area contributed by atoms with Gasteiger partial charge in [-0.3, -0.25) is 4.79 Å². The summed E-state index contributed by atoms with van der Waals surface area (Å²) < 4.78 is 0. The van der Waals surface area contributed by atoms with E-state index in [9.17, 15) is 4.79 Å². The molecule has 0 aromatic rings. The van der Waals surface area contributed by atoms with Gasteiger partial charge >= 0.3 is 0 Å². The van der Waals surface area contributed by atoms with Crippen LogP contribution in [0.4, 0.5) is 0 Å². The van der Waals surface area contributed by atoms with Crippen LogP contribution in [0.2, 0.25) is 0 Å². The summed E-state index contributed by atoms with van der Waals surface area (Å²) in [5, 5.41) is 6.34. The van der Waals surface area contributed by atoms with E-state index in [2.05, 4.69) is 30.7 Å². The smallest absolute Gasteiger partial charge is 0.224 e. The van der Waals surface area contributed by atoms with Crippen LogP contribution in [0.25, 0.3) is 0 Å². The van der Waals surface area contributed by atoms with Gasteiger partial charge in [-0.25, -0.2) is 0 Å². The van der Waals surface area contributed by atoms with Crippen molar-refractivity contribution in [2.45, 2.75) is 32.4 Å². The lowest BCUT2D eigenvalue weighted by Crippen LogP contribution is -2.41. The van der Waals surface area contributed by atoms with Gasteiger partial charge in [0, 0.05) is 17.8 Å². The fourth-order valence-electron chi connectivity index (χ4n) is 1.86. The Balaban J connectivity index is 2.33. The highest BCUT2D eigenvalue weighted by atomic mass is 32.2. The van der Waals surface area contributed by atoms with Crippen molar-refractivity contribution in [2.24, 2.45) is 5.92 Å². The molecule has 1 amide bonds. The van der Waals surface area contributed by atoms with Gasteiger partial charge in [-0.15, -0.1) is 0 Å². The lowest BCUT2D eigenvalue weighted by molar-refractivity contribution is -0.125. The second-order valence-electron chi connectivity index (χ2n) is 4.00. The molecule has 1 fully saturated rings. The number of hydrogen-bond donors (Lipinski definition) is 2. The first-order valence-electron chi connectivity index (χ1n) is 5.18.